The monoisotopic (exact) mass is 219 g/mol. The summed E-state index contributed by atoms with van der Waals surface area (Å²) in [4.78, 5) is 0. The molecule has 0 atom stereocenters. The zero-order valence-electron chi connectivity index (χ0n) is 9.77. The molecule has 16 heavy (non-hydrogen) atoms. The molecule has 1 saturated carbocycles. The van der Waals surface area contributed by atoms with Gasteiger partial charge in [-0.2, -0.15) is 0 Å². The fourth-order valence-electron chi connectivity index (χ4n) is 2.36. The van der Waals surface area contributed by atoms with Crippen LogP contribution in [-0.2, 0) is 0 Å². The van der Waals surface area contributed by atoms with Gasteiger partial charge in [0.05, 0.1) is 6.61 Å². The summed E-state index contributed by atoms with van der Waals surface area (Å²) in [5.41, 5.74) is 5.68. The summed E-state index contributed by atoms with van der Waals surface area (Å²) in [6.07, 6.45) is 5.10. The number of rotatable bonds is 4. The van der Waals surface area contributed by atoms with Crippen molar-refractivity contribution >= 4 is 0 Å². The fourth-order valence-corrected chi connectivity index (χ4v) is 2.36. The van der Waals surface area contributed by atoms with Gasteiger partial charge in [0, 0.05) is 0 Å². The van der Waals surface area contributed by atoms with Gasteiger partial charge in [0.15, 0.2) is 0 Å². The van der Waals surface area contributed by atoms with Crippen LogP contribution in [-0.4, -0.2) is 13.2 Å². The van der Waals surface area contributed by atoms with E-state index >= 15 is 0 Å². The van der Waals surface area contributed by atoms with Gasteiger partial charge in [-0.1, -0.05) is 18.2 Å². The van der Waals surface area contributed by atoms with Crippen molar-refractivity contribution in [2.45, 2.75) is 25.7 Å². The first-order chi connectivity index (χ1) is 7.88. The Balaban J connectivity index is 1.72. The molecule has 0 spiro atoms. The van der Waals surface area contributed by atoms with Crippen LogP contribution in [0.4, 0.5) is 0 Å². The maximum absolute atomic E-state index is 5.78. The Morgan fingerprint density at radius 3 is 2.25 bits per heavy atom. The van der Waals surface area contributed by atoms with Gasteiger partial charge >= 0.3 is 0 Å². The van der Waals surface area contributed by atoms with Gasteiger partial charge < -0.3 is 10.5 Å². The van der Waals surface area contributed by atoms with E-state index in [9.17, 15) is 0 Å². The van der Waals surface area contributed by atoms with Gasteiger partial charge in [0.2, 0.25) is 0 Å². The van der Waals surface area contributed by atoms with E-state index in [2.05, 4.69) is 0 Å². The second kappa shape index (κ2) is 5.90. The second-order valence-electron chi connectivity index (χ2n) is 4.75. The minimum Gasteiger partial charge on any atom is -0.493 e. The average molecular weight is 219 g/mol. The molecule has 0 unspecified atom stereocenters. The molecular weight excluding hydrogens is 198 g/mol. The number of para-hydroxylation sites is 1. The molecule has 2 rings (SSSR count). The van der Waals surface area contributed by atoms with Crippen LogP contribution in [0.15, 0.2) is 30.3 Å². The summed E-state index contributed by atoms with van der Waals surface area (Å²) in [5.74, 6) is 2.47. The van der Waals surface area contributed by atoms with E-state index in [1.807, 2.05) is 30.3 Å². The predicted molar refractivity (Wildman–Crippen MR) is 66.4 cm³/mol. The van der Waals surface area contributed by atoms with Crippen molar-refractivity contribution in [3.63, 3.8) is 0 Å². The van der Waals surface area contributed by atoms with E-state index < -0.39 is 0 Å². The maximum Gasteiger partial charge on any atom is 0.119 e. The Hall–Kier alpha value is -1.02. The average Bonchev–Trinajstić information content (AvgIpc) is 2.38. The maximum atomic E-state index is 5.78. The lowest BCUT2D eigenvalue weighted by Gasteiger charge is -2.27. The molecule has 1 aliphatic rings. The van der Waals surface area contributed by atoms with Crippen LogP contribution in [0.1, 0.15) is 25.7 Å². The second-order valence-corrected chi connectivity index (χ2v) is 4.75. The molecule has 2 heteroatoms. The van der Waals surface area contributed by atoms with Crippen molar-refractivity contribution in [1.82, 2.24) is 0 Å². The number of hydrogen-bond acceptors (Lipinski definition) is 2. The molecule has 0 radical (unpaired) electrons. The number of hydrogen-bond donors (Lipinski definition) is 1. The number of ether oxygens (including phenoxy) is 1. The van der Waals surface area contributed by atoms with E-state index in [0.717, 1.165) is 30.7 Å². The molecule has 0 bridgehead atoms. The summed E-state index contributed by atoms with van der Waals surface area (Å²) in [5, 5.41) is 0. The van der Waals surface area contributed by atoms with Crippen LogP contribution in [0.5, 0.6) is 5.75 Å². The molecule has 0 aliphatic heterocycles. The van der Waals surface area contributed by atoms with E-state index in [0.29, 0.717) is 0 Å². The summed E-state index contributed by atoms with van der Waals surface area (Å²) < 4.78 is 5.78. The van der Waals surface area contributed by atoms with Crippen molar-refractivity contribution in [1.29, 1.82) is 0 Å². The van der Waals surface area contributed by atoms with Crippen LogP contribution >= 0.6 is 0 Å². The van der Waals surface area contributed by atoms with Gasteiger partial charge in [-0.25, -0.2) is 0 Å². The third-order valence-electron chi connectivity index (χ3n) is 3.53. The minimum absolute atomic E-state index is 0.725. The molecule has 2 N–H and O–H groups in total. The highest BCUT2D eigenvalue weighted by Crippen LogP contribution is 2.28. The lowest BCUT2D eigenvalue weighted by molar-refractivity contribution is 0.185. The Kier molecular flexibility index (Phi) is 4.23. The van der Waals surface area contributed by atoms with Gasteiger partial charge in [-0.3, -0.25) is 0 Å². The van der Waals surface area contributed by atoms with E-state index in [1.54, 1.807) is 0 Å². The molecule has 2 nitrogen and oxygen atoms in total. The molecule has 1 aromatic carbocycles. The van der Waals surface area contributed by atoms with Gasteiger partial charge in [0.1, 0.15) is 5.75 Å². The highest BCUT2D eigenvalue weighted by atomic mass is 16.5. The van der Waals surface area contributed by atoms with Crippen LogP contribution in [0, 0.1) is 11.8 Å². The summed E-state index contributed by atoms with van der Waals surface area (Å²) in [6.45, 7) is 1.72. The highest BCUT2D eigenvalue weighted by Gasteiger charge is 2.20. The summed E-state index contributed by atoms with van der Waals surface area (Å²) in [6, 6.07) is 10.1. The van der Waals surface area contributed by atoms with E-state index in [1.165, 1.54) is 25.7 Å². The first-order valence-electron chi connectivity index (χ1n) is 6.26. The summed E-state index contributed by atoms with van der Waals surface area (Å²) in [7, 11) is 0. The highest BCUT2D eigenvalue weighted by molar-refractivity contribution is 5.20. The normalized spacial score (nSPS) is 25.3. The van der Waals surface area contributed by atoms with Crippen molar-refractivity contribution in [2.75, 3.05) is 13.2 Å². The van der Waals surface area contributed by atoms with Crippen molar-refractivity contribution in [3.05, 3.63) is 30.3 Å². The van der Waals surface area contributed by atoms with E-state index in [4.69, 9.17) is 10.5 Å². The minimum atomic E-state index is 0.725. The standard InChI is InChI=1S/C14H21NO/c15-10-12-6-8-13(9-7-12)11-16-14-4-2-1-3-5-14/h1-5,12-13H,6-11,15H2. The molecule has 0 heterocycles. The lowest BCUT2D eigenvalue weighted by atomic mass is 9.82. The topological polar surface area (TPSA) is 35.2 Å². The predicted octanol–water partition coefficient (Wildman–Crippen LogP) is 2.83. The molecule has 0 amide bonds. The van der Waals surface area contributed by atoms with Crippen molar-refractivity contribution < 1.29 is 4.74 Å². The first kappa shape index (κ1) is 11.5. The van der Waals surface area contributed by atoms with Crippen LogP contribution in [0.25, 0.3) is 0 Å². The molecule has 1 aromatic rings. The van der Waals surface area contributed by atoms with Gasteiger partial charge in [-0.15, -0.1) is 0 Å². The number of benzene rings is 1. The Morgan fingerprint density at radius 1 is 1.00 bits per heavy atom. The molecule has 0 saturated heterocycles. The Morgan fingerprint density at radius 2 is 1.62 bits per heavy atom. The smallest absolute Gasteiger partial charge is 0.119 e. The van der Waals surface area contributed by atoms with E-state index in [-0.39, 0.29) is 0 Å². The quantitative estimate of drug-likeness (QED) is 0.845. The SMILES string of the molecule is NCC1CCC(COc2ccccc2)CC1. The Bertz CT molecular complexity index is 291. The fraction of sp³-hybridized carbons (Fsp3) is 0.571. The third kappa shape index (κ3) is 3.24. The van der Waals surface area contributed by atoms with Crippen molar-refractivity contribution in [3.8, 4) is 5.75 Å². The first-order valence-corrected chi connectivity index (χ1v) is 6.26. The van der Waals surface area contributed by atoms with Crippen LogP contribution in [0.2, 0.25) is 0 Å². The zero-order valence-corrected chi connectivity index (χ0v) is 9.77. The molecular formula is C14H21NO. The summed E-state index contributed by atoms with van der Waals surface area (Å²) >= 11 is 0. The van der Waals surface area contributed by atoms with Gasteiger partial charge in [0.25, 0.3) is 0 Å². The third-order valence-corrected chi connectivity index (χ3v) is 3.53. The molecule has 1 aliphatic carbocycles. The van der Waals surface area contributed by atoms with Gasteiger partial charge in [-0.05, 0) is 56.2 Å². The molecule has 1 fully saturated rings. The Labute approximate surface area is 97.8 Å². The lowest BCUT2D eigenvalue weighted by Crippen LogP contribution is -2.24. The molecule has 0 aromatic heterocycles. The zero-order chi connectivity index (χ0) is 11.2. The van der Waals surface area contributed by atoms with Crippen LogP contribution in [0.3, 0.4) is 0 Å². The van der Waals surface area contributed by atoms with Crippen molar-refractivity contribution in [2.24, 2.45) is 17.6 Å². The van der Waals surface area contributed by atoms with Crippen LogP contribution < -0.4 is 10.5 Å². The number of nitrogens with two attached hydrogens (primary N) is 1. The molecule has 88 valence electrons. The largest absolute Gasteiger partial charge is 0.493 e.